The van der Waals surface area contributed by atoms with Crippen LogP contribution in [0.4, 0.5) is 26.3 Å². The van der Waals surface area contributed by atoms with E-state index in [0.717, 1.165) is 5.56 Å². The molecule has 172 valence electrons. The van der Waals surface area contributed by atoms with E-state index in [9.17, 15) is 31.1 Å². The van der Waals surface area contributed by atoms with Gasteiger partial charge in [0.1, 0.15) is 6.04 Å². The molecule has 1 atom stereocenters. The molecule has 0 aliphatic carbocycles. The van der Waals surface area contributed by atoms with Crippen LogP contribution in [-0.4, -0.2) is 16.1 Å². The van der Waals surface area contributed by atoms with Crippen molar-refractivity contribution in [3.8, 4) is 0 Å². The Balaban J connectivity index is 2.23. The number of carbonyl (C=O) groups is 1. The number of nitrogens with two attached hydrogens (primary N) is 1. The normalized spacial score (nSPS) is 13.7. The number of carboxylic acid groups (broad SMARTS) is 1. The Bertz CT molecular complexity index is 1130. The van der Waals surface area contributed by atoms with Gasteiger partial charge in [-0.1, -0.05) is 19.9 Å². The molecule has 4 nitrogen and oxygen atoms in total. The van der Waals surface area contributed by atoms with E-state index in [0.29, 0.717) is 23.0 Å². The number of fused-ring (bicyclic) bond motifs is 1. The first-order valence-corrected chi connectivity index (χ1v) is 9.59. The number of hydrogen-bond acceptors (Lipinski definition) is 2. The molecule has 0 amide bonds. The minimum Gasteiger partial charge on any atom is -0.480 e. The van der Waals surface area contributed by atoms with Crippen molar-refractivity contribution in [3.05, 3.63) is 69.9 Å². The Kier molecular flexibility index (Phi) is 6.03. The second-order valence-corrected chi connectivity index (χ2v) is 7.86. The van der Waals surface area contributed by atoms with Gasteiger partial charge in [-0.2, -0.15) is 26.3 Å². The molecule has 4 N–H and O–H groups in total. The maximum Gasteiger partial charge on any atom is 0.416 e. The predicted molar refractivity (Wildman–Crippen MR) is 106 cm³/mol. The van der Waals surface area contributed by atoms with E-state index < -0.39 is 53.0 Å². The molecule has 32 heavy (non-hydrogen) atoms. The molecular formula is C22H20F6N2O2. The van der Waals surface area contributed by atoms with Crippen molar-refractivity contribution in [1.82, 2.24) is 4.98 Å². The summed E-state index contributed by atoms with van der Waals surface area (Å²) in [5.74, 6) is -1.65. The zero-order valence-corrected chi connectivity index (χ0v) is 17.0. The summed E-state index contributed by atoms with van der Waals surface area (Å²) in [7, 11) is 0. The minimum absolute atomic E-state index is 0.0901. The summed E-state index contributed by atoms with van der Waals surface area (Å²) in [6.45, 7) is 3.84. The van der Waals surface area contributed by atoms with Gasteiger partial charge < -0.3 is 15.8 Å². The number of halogens is 6. The van der Waals surface area contributed by atoms with Crippen molar-refractivity contribution in [3.63, 3.8) is 0 Å². The number of nitrogens with one attached hydrogen (secondary N) is 1. The average molecular weight is 458 g/mol. The maximum absolute atomic E-state index is 13.8. The molecule has 1 aromatic heterocycles. The van der Waals surface area contributed by atoms with Gasteiger partial charge in [0.15, 0.2) is 0 Å². The molecule has 0 aliphatic rings. The zero-order chi connectivity index (χ0) is 24.0. The van der Waals surface area contributed by atoms with E-state index in [2.05, 4.69) is 4.98 Å². The summed E-state index contributed by atoms with van der Waals surface area (Å²) in [5.41, 5.74) is 2.31. The van der Waals surface area contributed by atoms with E-state index in [1.807, 2.05) is 13.8 Å². The van der Waals surface area contributed by atoms with Crippen LogP contribution >= 0.6 is 0 Å². The molecule has 1 unspecified atom stereocenters. The Labute approximate surface area is 179 Å². The average Bonchev–Trinajstić information content (AvgIpc) is 3.09. The van der Waals surface area contributed by atoms with Crippen molar-refractivity contribution in [2.45, 2.75) is 44.6 Å². The number of rotatable bonds is 5. The third-order valence-electron chi connectivity index (χ3n) is 5.29. The monoisotopic (exact) mass is 458 g/mol. The lowest BCUT2D eigenvalue weighted by Gasteiger charge is -2.22. The van der Waals surface area contributed by atoms with Crippen LogP contribution in [0, 0.1) is 0 Å². The van der Waals surface area contributed by atoms with Gasteiger partial charge in [-0.05, 0) is 58.9 Å². The fourth-order valence-electron chi connectivity index (χ4n) is 3.69. The van der Waals surface area contributed by atoms with Gasteiger partial charge in [0.2, 0.25) is 0 Å². The van der Waals surface area contributed by atoms with Crippen LogP contribution in [0.25, 0.3) is 10.9 Å². The molecule has 10 heteroatoms. The number of H-pyrrole nitrogens is 1. The molecular weight excluding hydrogens is 438 g/mol. The van der Waals surface area contributed by atoms with Crippen molar-refractivity contribution in [1.29, 1.82) is 0 Å². The highest BCUT2D eigenvalue weighted by molar-refractivity contribution is 5.84. The topological polar surface area (TPSA) is 79.1 Å². The van der Waals surface area contributed by atoms with Gasteiger partial charge >= 0.3 is 18.3 Å². The molecule has 0 bridgehead atoms. The second-order valence-electron chi connectivity index (χ2n) is 7.86. The van der Waals surface area contributed by atoms with Crippen LogP contribution in [0.3, 0.4) is 0 Å². The Morgan fingerprint density at radius 2 is 1.59 bits per heavy atom. The third kappa shape index (κ3) is 4.59. The van der Waals surface area contributed by atoms with Crippen molar-refractivity contribution in [2.24, 2.45) is 5.73 Å². The predicted octanol–water partition coefficient (Wildman–Crippen LogP) is 6.00. The molecule has 0 saturated carbocycles. The maximum atomic E-state index is 13.8. The summed E-state index contributed by atoms with van der Waals surface area (Å²) in [5, 5.41) is 9.70. The van der Waals surface area contributed by atoms with Gasteiger partial charge in [-0.3, -0.25) is 4.79 Å². The fraction of sp³-hybridized carbons (Fsp3) is 0.318. The Morgan fingerprint density at radius 3 is 2.06 bits per heavy atom. The summed E-state index contributed by atoms with van der Waals surface area (Å²) < 4.78 is 82.7. The smallest absolute Gasteiger partial charge is 0.416 e. The highest BCUT2D eigenvalue weighted by atomic mass is 19.4. The van der Waals surface area contributed by atoms with E-state index in [-0.39, 0.29) is 11.5 Å². The molecule has 0 aliphatic heterocycles. The fourth-order valence-corrected chi connectivity index (χ4v) is 3.69. The van der Waals surface area contributed by atoms with Crippen molar-refractivity contribution < 1.29 is 36.2 Å². The third-order valence-corrected chi connectivity index (χ3v) is 5.29. The van der Waals surface area contributed by atoms with E-state index >= 15 is 0 Å². The lowest BCUT2D eigenvalue weighted by atomic mass is 9.89. The standard InChI is InChI=1S/C22H20F6N2O2/c1-10(2)15-9-30-18-4-3-11(5-13(15)18)6-14-16(21(23,24)25)7-12(19(29)20(31)32)8-17(14)22(26,27)28/h3-5,7-10,19,30H,6,29H2,1-2H3,(H,31,32). The minimum atomic E-state index is -5.15. The van der Waals surface area contributed by atoms with E-state index in [1.165, 1.54) is 6.07 Å². The highest BCUT2D eigenvalue weighted by Crippen LogP contribution is 2.42. The number of aliphatic carboxylic acids is 1. The summed E-state index contributed by atoms with van der Waals surface area (Å²) >= 11 is 0. The second kappa shape index (κ2) is 8.16. The van der Waals surface area contributed by atoms with Crippen LogP contribution < -0.4 is 5.73 Å². The highest BCUT2D eigenvalue weighted by Gasteiger charge is 2.42. The summed E-state index contributed by atoms with van der Waals surface area (Å²) in [6, 6.07) is 3.37. The first kappa shape index (κ1) is 23.6. The molecule has 2 aromatic carbocycles. The molecule has 1 heterocycles. The van der Waals surface area contributed by atoms with Crippen LogP contribution in [0.5, 0.6) is 0 Å². The van der Waals surface area contributed by atoms with E-state index in [1.54, 1.807) is 18.3 Å². The Hall–Kier alpha value is -3.01. The molecule has 3 aromatic rings. The molecule has 0 saturated heterocycles. The van der Waals surface area contributed by atoms with Gasteiger partial charge in [-0.15, -0.1) is 0 Å². The van der Waals surface area contributed by atoms with Gasteiger partial charge in [0.25, 0.3) is 0 Å². The summed E-state index contributed by atoms with van der Waals surface area (Å²) in [6.07, 6.45) is -9.19. The number of benzene rings is 2. The first-order valence-electron chi connectivity index (χ1n) is 9.59. The molecule has 0 fully saturated rings. The molecule has 0 spiro atoms. The molecule has 3 rings (SSSR count). The van der Waals surface area contributed by atoms with Crippen LogP contribution in [0.2, 0.25) is 0 Å². The van der Waals surface area contributed by atoms with Gasteiger partial charge in [0.05, 0.1) is 11.1 Å². The lowest BCUT2D eigenvalue weighted by molar-refractivity contribution is -0.145. The van der Waals surface area contributed by atoms with Crippen molar-refractivity contribution in [2.75, 3.05) is 0 Å². The van der Waals surface area contributed by atoms with Crippen molar-refractivity contribution >= 4 is 16.9 Å². The summed E-state index contributed by atoms with van der Waals surface area (Å²) in [4.78, 5) is 14.1. The SMILES string of the molecule is CC(C)c1c[nH]c2ccc(Cc3c(C(F)(F)F)cc(C(N)C(=O)O)cc3C(F)(F)F)cc12. The number of hydrogen-bond donors (Lipinski definition) is 3. The lowest BCUT2D eigenvalue weighted by Crippen LogP contribution is -2.24. The van der Waals surface area contributed by atoms with Crippen LogP contribution in [-0.2, 0) is 23.6 Å². The van der Waals surface area contributed by atoms with Crippen LogP contribution in [0.1, 0.15) is 59.2 Å². The largest absolute Gasteiger partial charge is 0.480 e. The Morgan fingerprint density at radius 1 is 1.03 bits per heavy atom. The zero-order valence-electron chi connectivity index (χ0n) is 17.0. The quantitative estimate of drug-likeness (QED) is 0.410. The number of carboxylic acids is 1. The first-order chi connectivity index (χ1) is 14.7. The number of aromatic amines is 1. The van der Waals surface area contributed by atoms with E-state index in [4.69, 9.17) is 10.8 Å². The number of alkyl halides is 6. The van der Waals surface area contributed by atoms with Crippen LogP contribution in [0.15, 0.2) is 36.5 Å². The van der Waals surface area contributed by atoms with Gasteiger partial charge in [-0.25, -0.2) is 0 Å². The van der Waals surface area contributed by atoms with Gasteiger partial charge in [0, 0.05) is 17.1 Å². The molecule has 0 radical (unpaired) electrons. The number of aromatic nitrogens is 1.